The second kappa shape index (κ2) is 6.29. The number of hydrogen-bond donors (Lipinski definition) is 1. The second-order valence-corrected chi connectivity index (χ2v) is 6.87. The van der Waals surface area contributed by atoms with Crippen LogP contribution in [0.4, 0.5) is 5.13 Å². The molecule has 0 aromatic carbocycles. The fourth-order valence-corrected chi connectivity index (χ4v) is 3.58. The average molecular weight is 354 g/mol. The van der Waals surface area contributed by atoms with Gasteiger partial charge in [-0.15, -0.1) is 5.10 Å². The highest BCUT2D eigenvalue weighted by Gasteiger charge is 2.09. The van der Waals surface area contributed by atoms with E-state index in [0.29, 0.717) is 16.6 Å². The van der Waals surface area contributed by atoms with Crippen LogP contribution in [0, 0.1) is 6.92 Å². The Kier molecular flexibility index (Phi) is 3.96. The highest BCUT2D eigenvalue weighted by atomic mass is 32.1. The first-order valence-corrected chi connectivity index (χ1v) is 9.03. The van der Waals surface area contributed by atoms with Crippen molar-refractivity contribution in [1.29, 1.82) is 0 Å². The summed E-state index contributed by atoms with van der Waals surface area (Å²) < 4.78 is 3.40. The van der Waals surface area contributed by atoms with E-state index in [9.17, 15) is 4.79 Å². The summed E-state index contributed by atoms with van der Waals surface area (Å²) in [6, 6.07) is 7.58. The topological polar surface area (TPSA) is 76.6 Å². The first-order chi connectivity index (χ1) is 12.1. The number of nitrogens with zero attached hydrogens (tertiary/aromatic N) is 5. The van der Waals surface area contributed by atoms with E-state index in [1.807, 2.05) is 31.3 Å². The van der Waals surface area contributed by atoms with Crippen LogP contribution in [-0.2, 0) is 13.0 Å². The summed E-state index contributed by atoms with van der Waals surface area (Å²) in [5.74, 6) is 0. The van der Waals surface area contributed by atoms with Crippen LogP contribution in [0.5, 0.6) is 0 Å². The van der Waals surface area contributed by atoms with Crippen molar-refractivity contribution in [1.82, 2.24) is 24.0 Å². The lowest BCUT2D eigenvalue weighted by molar-refractivity contribution is 0.839. The molecule has 128 valence electrons. The minimum Gasteiger partial charge on any atom is -0.354 e. The lowest BCUT2D eigenvalue weighted by Crippen LogP contribution is -2.15. The molecule has 0 aliphatic rings. The highest BCUT2D eigenvalue weighted by molar-refractivity contribution is 7.20. The molecule has 0 aliphatic carbocycles. The average Bonchev–Trinajstić information content (AvgIpc) is 3.18. The van der Waals surface area contributed by atoms with Gasteiger partial charge in [-0.2, -0.15) is 4.52 Å². The molecule has 0 atom stereocenters. The monoisotopic (exact) mass is 354 g/mol. The summed E-state index contributed by atoms with van der Waals surface area (Å²) >= 11 is 1.38. The van der Waals surface area contributed by atoms with Gasteiger partial charge in [-0.1, -0.05) is 30.7 Å². The number of hydrogen-bond acceptors (Lipinski definition) is 6. The normalized spacial score (nSPS) is 11.4. The van der Waals surface area contributed by atoms with E-state index in [1.165, 1.54) is 15.9 Å². The van der Waals surface area contributed by atoms with Gasteiger partial charge in [-0.05, 0) is 25.5 Å². The minimum atomic E-state index is -0.138. The van der Waals surface area contributed by atoms with E-state index < -0.39 is 0 Å². The molecule has 0 saturated carbocycles. The van der Waals surface area contributed by atoms with E-state index in [1.54, 1.807) is 6.07 Å². The van der Waals surface area contributed by atoms with Gasteiger partial charge in [0.25, 0.3) is 5.56 Å². The minimum absolute atomic E-state index is 0.138. The van der Waals surface area contributed by atoms with Crippen LogP contribution >= 0.6 is 11.3 Å². The molecule has 0 bridgehead atoms. The fourth-order valence-electron chi connectivity index (χ4n) is 2.76. The number of aryl methyl sites for hydroxylation is 2. The van der Waals surface area contributed by atoms with Crippen LogP contribution in [0.3, 0.4) is 0 Å². The maximum atomic E-state index is 12.1. The van der Waals surface area contributed by atoms with Crippen molar-refractivity contribution >= 4 is 27.1 Å². The predicted molar refractivity (Wildman–Crippen MR) is 98.4 cm³/mol. The molecule has 4 heterocycles. The van der Waals surface area contributed by atoms with Crippen molar-refractivity contribution in [3.05, 3.63) is 57.9 Å². The zero-order valence-electron chi connectivity index (χ0n) is 14.1. The van der Waals surface area contributed by atoms with Crippen molar-refractivity contribution in [2.45, 2.75) is 33.2 Å². The van der Waals surface area contributed by atoms with Crippen molar-refractivity contribution in [3.8, 4) is 0 Å². The Morgan fingerprint density at radius 1 is 1.24 bits per heavy atom. The van der Waals surface area contributed by atoms with Crippen molar-refractivity contribution in [3.63, 3.8) is 0 Å². The third-order valence-corrected chi connectivity index (χ3v) is 4.84. The van der Waals surface area contributed by atoms with Gasteiger partial charge in [-0.25, -0.2) is 9.97 Å². The highest BCUT2D eigenvalue weighted by Crippen LogP contribution is 2.18. The van der Waals surface area contributed by atoms with Crippen LogP contribution in [0.25, 0.3) is 10.6 Å². The molecule has 0 radical (unpaired) electrons. The molecular formula is C17H18N6OS. The van der Waals surface area contributed by atoms with E-state index >= 15 is 0 Å². The largest absolute Gasteiger partial charge is 0.354 e. The molecule has 0 amide bonds. The number of nitrogens with one attached hydrogen (secondary N) is 1. The molecule has 0 saturated heterocycles. The summed E-state index contributed by atoms with van der Waals surface area (Å²) in [6.07, 6.45) is 3.77. The summed E-state index contributed by atoms with van der Waals surface area (Å²) in [5.41, 5.74) is 3.65. The molecule has 4 aromatic rings. The number of rotatable bonds is 5. The zero-order valence-corrected chi connectivity index (χ0v) is 14.9. The molecule has 8 heteroatoms. The van der Waals surface area contributed by atoms with Gasteiger partial charge in [0.2, 0.25) is 10.1 Å². The van der Waals surface area contributed by atoms with Crippen molar-refractivity contribution in [2.75, 3.05) is 5.32 Å². The van der Waals surface area contributed by atoms with Gasteiger partial charge >= 0.3 is 0 Å². The summed E-state index contributed by atoms with van der Waals surface area (Å²) in [7, 11) is 0. The van der Waals surface area contributed by atoms with Crippen molar-refractivity contribution < 1.29 is 0 Å². The Morgan fingerprint density at radius 2 is 2.12 bits per heavy atom. The fraction of sp³-hybridized carbons (Fsp3) is 0.294. The van der Waals surface area contributed by atoms with Gasteiger partial charge in [0, 0.05) is 23.7 Å². The molecule has 0 aliphatic heterocycles. The summed E-state index contributed by atoms with van der Waals surface area (Å²) in [4.78, 5) is 21.9. The summed E-state index contributed by atoms with van der Waals surface area (Å²) in [6.45, 7) is 4.66. The summed E-state index contributed by atoms with van der Waals surface area (Å²) in [5, 5.41) is 8.22. The Morgan fingerprint density at radius 3 is 2.92 bits per heavy atom. The molecule has 0 unspecified atom stereocenters. The molecular weight excluding hydrogens is 336 g/mol. The SMILES string of the molecule is CCCc1cc(=O)n2nc(NCc3cn4c(C)cccc4n3)sc2n1. The second-order valence-electron chi connectivity index (χ2n) is 5.92. The number of aromatic nitrogens is 5. The standard InChI is InChI=1S/C17H18N6OS/c1-3-5-12-8-15(24)23-17(20-12)25-16(21-23)18-9-13-10-22-11(2)6-4-7-14(22)19-13/h4,6-8,10H,3,5,9H2,1-2H3,(H,18,21). The number of pyridine rings is 1. The predicted octanol–water partition coefficient (Wildman–Crippen LogP) is 2.67. The van der Waals surface area contributed by atoms with Gasteiger partial charge in [0.15, 0.2) is 0 Å². The van der Waals surface area contributed by atoms with Crippen LogP contribution in [0.15, 0.2) is 35.3 Å². The van der Waals surface area contributed by atoms with Gasteiger partial charge in [0.05, 0.1) is 12.2 Å². The molecule has 4 rings (SSSR count). The molecule has 25 heavy (non-hydrogen) atoms. The lowest BCUT2D eigenvalue weighted by Gasteiger charge is -1.97. The zero-order chi connectivity index (χ0) is 17.4. The number of imidazole rings is 1. The molecule has 0 fully saturated rings. The van der Waals surface area contributed by atoms with Gasteiger partial charge in [0.1, 0.15) is 5.65 Å². The van der Waals surface area contributed by atoms with Crippen LogP contribution < -0.4 is 10.9 Å². The first kappa shape index (κ1) is 15.8. The Bertz CT molecular complexity index is 1110. The maximum absolute atomic E-state index is 12.1. The number of anilines is 1. The first-order valence-electron chi connectivity index (χ1n) is 8.21. The molecule has 4 aromatic heterocycles. The Balaban J connectivity index is 1.58. The molecule has 1 N–H and O–H groups in total. The van der Waals surface area contributed by atoms with E-state index in [0.717, 1.165) is 35.6 Å². The molecule has 0 spiro atoms. The van der Waals surface area contributed by atoms with E-state index in [-0.39, 0.29) is 5.56 Å². The lowest BCUT2D eigenvalue weighted by atomic mass is 10.2. The van der Waals surface area contributed by atoms with E-state index in [2.05, 4.69) is 31.7 Å². The quantitative estimate of drug-likeness (QED) is 0.596. The van der Waals surface area contributed by atoms with E-state index in [4.69, 9.17) is 0 Å². The van der Waals surface area contributed by atoms with Crippen LogP contribution in [-0.4, -0.2) is 24.0 Å². The third kappa shape index (κ3) is 3.00. The Labute approximate surface area is 148 Å². The van der Waals surface area contributed by atoms with Gasteiger partial charge in [-0.3, -0.25) is 4.79 Å². The Hall–Kier alpha value is -2.74. The number of fused-ring (bicyclic) bond motifs is 2. The van der Waals surface area contributed by atoms with Gasteiger partial charge < -0.3 is 9.72 Å². The third-order valence-electron chi connectivity index (χ3n) is 3.97. The van der Waals surface area contributed by atoms with Crippen molar-refractivity contribution in [2.24, 2.45) is 0 Å². The van der Waals surface area contributed by atoms with Crippen LogP contribution in [0.1, 0.15) is 30.4 Å². The molecule has 7 nitrogen and oxygen atoms in total. The smallest absolute Gasteiger partial charge is 0.275 e. The van der Waals surface area contributed by atoms with Crippen LogP contribution in [0.2, 0.25) is 0 Å². The maximum Gasteiger partial charge on any atom is 0.275 e.